The molecule has 78 valence electrons. The van der Waals surface area contributed by atoms with Crippen LogP contribution in [0.3, 0.4) is 0 Å². The molecular weight excluding hydrogens is 162 g/mol. The van der Waals surface area contributed by atoms with Gasteiger partial charge >= 0.3 is 0 Å². The molecule has 2 heteroatoms. The monoisotopic (exact) mass is 185 g/mol. The smallest absolute Gasteiger partial charge is 0.0462 e. The lowest BCUT2D eigenvalue weighted by Crippen LogP contribution is -2.22. The number of rotatable bonds is 6. The highest BCUT2D eigenvalue weighted by molar-refractivity contribution is 4.75. The Bertz CT molecular complexity index is 121. The van der Waals surface area contributed by atoms with E-state index in [1.807, 2.05) is 0 Å². The van der Waals surface area contributed by atoms with Crippen molar-refractivity contribution in [3.8, 4) is 0 Å². The number of methoxy groups -OCH3 is 1. The highest BCUT2D eigenvalue weighted by Crippen LogP contribution is 2.33. The first-order chi connectivity index (χ1) is 6.38. The van der Waals surface area contributed by atoms with Crippen molar-refractivity contribution in [3.63, 3.8) is 0 Å². The average molecular weight is 185 g/mol. The Morgan fingerprint density at radius 3 is 2.62 bits per heavy atom. The Hall–Kier alpha value is -0.0800. The van der Waals surface area contributed by atoms with Crippen LogP contribution in [-0.2, 0) is 4.74 Å². The summed E-state index contributed by atoms with van der Waals surface area (Å²) in [4.78, 5) is 0. The van der Waals surface area contributed by atoms with Gasteiger partial charge in [0, 0.05) is 13.7 Å². The lowest BCUT2D eigenvalue weighted by Gasteiger charge is -2.21. The van der Waals surface area contributed by atoms with Crippen LogP contribution in [0.5, 0.6) is 0 Å². The van der Waals surface area contributed by atoms with Gasteiger partial charge < -0.3 is 10.5 Å². The first kappa shape index (κ1) is 11.0. The van der Waals surface area contributed by atoms with Gasteiger partial charge in [0.1, 0.15) is 0 Å². The molecule has 0 amide bonds. The van der Waals surface area contributed by atoms with Crippen molar-refractivity contribution in [2.45, 2.75) is 38.5 Å². The third kappa shape index (κ3) is 3.65. The van der Waals surface area contributed by atoms with E-state index in [-0.39, 0.29) is 0 Å². The van der Waals surface area contributed by atoms with Crippen molar-refractivity contribution in [2.75, 3.05) is 20.3 Å². The Kier molecular flexibility index (Phi) is 5.40. The van der Waals surface area contributed by atoms with Crippen LogP contribution < -0.4 is 5.73 Å². The molecule has 0 aliphatic heterocycles. The van der Waals surface area contributed by atoms with Gasteiger partial charge in [0.15, 0.2) is 0 Å². The molecule has 0 saturated heterocycles. The SMILES string of the molecule is COCCCC(CN)C1CCCC1. The van der Waals surface area contributed by atoms with Crippen LogP contribution >= 0.6 is 0 Å². The molecule has 0 heterocycles. The predicted octanol–water partition coefficient (Wildman–Crippen LogP) is 2.18. The second-order valence-corrected chi connectivity index (χ2v) is 4.18. The fourth-order valence-corrected chi connectivity index (χ4v) is 2.46. The summed E-state index contributed by atoms with van der Waals surface area (Å²) in [7, 11) is 1.77. The Morgan fingerprint density at radius 2 is 2.08 bits per heavy atom. The highest BCUT2D eigenvalue weighted by Gasteiger charge is 2.23. The van der Waals surface area contributed by atoms with Gasteiger partial charge in [0.25, 0.3) is 0 Å². The summed E-state index contributed by atoms with van der Waals surface area (Å²) in [5, 5.41) is 0. The van der Waals surface area contributed by atoms with Gasteiger partial charge in [0.2, 0.25) is 0 Å². The van der Waals surface area contributed by atoms with E-state index in [0.717, 1.165) is 25.0 Å². The average Bonchev–Trinajstić information content (AvgIpc) is 2.65. The standard InChI is InChI=1S/C11H23NO/c1-13-8-4-7-11(9-12)10-5-2-3-6-10/h10-11H,2-9,12H2,1H3. The fourth-order valence-electron chi connectivity index (χ4n) is 2.46. The molecule has 13 heavy (non-hydrogen) atoms. The molecule has 1 unspecified atom stereocenters. The zero-order chi connectivity index (χ0) is 9.52. The summed E-state index contributed by atoms with van der Waals surface area (Å²) in [6, 6.07) is 0. The quantitative estimate of drug-likeness (QED) is 0.644. The molecular formula is C11H23NO. The maximum Gasteiger partial charge on any atom is 0.0462 e. The first-order valence-electron chi connectivity index (χ1n) is 5.57. The third-order valence-electron chi connectivity index (χ3n) is 3.29. The Labute approximate surface area is 81.8 Å². The zero-order valence-electron chi connectivity index (χ0n) is 8.80. The van der Waals surface area contributed by atoms with Gasteiger partial charge in [-0.05, 0) is 31.2 Å². The predicted molar refractivity (Wildman–Crippen MR) is 55.6 cm³/mol. The van der Waals surface area contributed by atoms with E-state index < -0.39 is 0 Å². The van der Waals surface area contributed by atoms with Crippen LogP contribution in [0, 0.1) is 11.8 Å². The van der Waals surface area contributed by atoms with E-state index >= 15 is 0 Å². The van der Waals surface area contributed by atoms with Gasteiger partial charge in [-0.1, -0.05) is 25.7 Å². The topological polar surface area (TPSA) is 35.2 Å². The molecule has 0 spiro atoms. The molecule has 1 rings (SSSR count). The largest absolute Gasteiger partial charge is 0.385 e. The van der Waals surface area contributed by atoms with Gasteiger partial charge in [-0.15, -0.1) is 0 Å². The number of nitrogens with two attached hydrogens (primary N) is 1. The van der Waals surface area contributed by atoms with Crippen LogP contribution in [0.25, 0.3) is 0 Å². The van der Waals surface area contributed by atoms with Crippen LogP contribution in [0.1, 0.15) is 38.5 Å². The van der Waals surface area contributed by atoms with Gasteiger partial charge in [0.05, 0.1) is 0 Å². The van der Waals surface area contributed by atoms with E-state index in [2.05, 4.69) is 0 Å². The second kappa shape index (κ2) is 6.39. The minimum atomic E-state index is 0.762. The van der Waals surface area contributed by atoms with E-state index in [9.17, 15) is 0 Å². The molecule has 1 fully saturated rings. The Morgan fingerprint density at radius 1 is 1.38 bits per heavy atom. The molecule has 2 N–H and O–H groups in total. The molecule has 0 radical (unpaired) electrons. The normalized spacial score (nSPS) is 20.8. The van der Waals surface area contributed by atoms with Crippen molar-refractivity contribution in [3.05, 3.63) is 0 Å². The second-order valence-electron chi connectivity index (χ2n) is 4.18. The molecule has 0 aromatic carbocycles. The summed E-state index contributed by atoms with van der Waals surface area (Å²) < 4.78 is 5.06. The summed E-state index contributed by atoms with van der Waals surface area (Å²) in [6.45, 7) is 1.76. The number of hydrogen-bond donors (Lipinski definition) is 1. The van der Waals surface area contributed by atoms with Gasteiger partial charge in [-0.3, -0.25) is 0 Å². The maximum absolute atomic E-state index is 5.79. The van der Waals surface area contributed by atoms with E-state index in [1.54, 1.807) is 7.11 Å². The van der Waals surface area contributed by atoms with Crippen LogP contribution in [0.15, 0.2) is 0 Å². The molecule has 1 aliphatic rings. The molecule has 1 atom stereocenters. The van der Waals surface area contributed by atoms with Crippen LogP contribution in [0.4, 0.5) is 0 Å². The third-order valence-corrected chi connectivity index (χ3v) is 3.29. The first-order valence-corrected chi connectivity index (χ1v) is 5.57. The lowest BCUT2D eigenvalue weighted by molar-refractivity contribution is 0.180. The lowest BCUT2D eigenvalue weighted by atomic mass is 9.87. The summed E-state index contributed by atoms with van der Waals surface area (Å²) in [6.07, 6.45) is 8.10. The summed E-state index contributed by atoms with van der Waals surface area (Å²) in [5.41, 5.74) is 5.79. The molecule has 0 bridgehead atoms. The zero-order valence-corrected chi connectivity index (χ0v) is 8.80. The summed E-state index contributed by atoms with van der Waals surface area (Å²) in [5.74, 6) is 1.68. The van der Waals surface area contributed by atoms with Crippen molar-refractivity contribution >= 4 is 0 Å². The van der Waals surface area contributed by atoms with Gasteiger partial charge in [-0.2, -0.15) is 0 Å². The van der Waals surface area contributed by atoms with Crippen molar-refractivity contribution in [1.82, 2.24) is 0 Å². The molecule has 0 aromatic heterocycles. The van der Waals surface area contributed by atoms with Crippen LogP contribution in [-0.4, -0.2) is 20.3 Å². The molecule has 2 nitrogen and oxygen atoms in total. The highest BCUT2D eigenvalue weighted by atomic mass is 16.5. The maximum atomic E-state index is 5.79. The number of hydrogen-bond acceptors (Lipinski definition) is 2. The van der Waals surface area contributed by atoms with Crippen LogP contribution in [0.2, 0.25) is 0 Å². The van der Waals surface area contributed by atoms with E-state index in [4.69, 9.17) is 10.5 Å². The summed E-state index contributed by atoms with van der Waals surface area (Å²) >= 11 is 0. The van der Waals surface area contributed by atoms with Gasteiger partial charge in [-0.25, -0.2) is 0 Å². The number of ether oxygens (including phenoxy) is 1. The molecule has 1 saturated carbocycles. The van der Waals surface area contributed by atoms with Crippen molar-refractivity contribution in [1.29, 1.82) is 0 Å². The minimum Gasteiger partial charge on any atom is -0.385 e. The van der Waals surface area contributed by atoms with E-state index in [0.29, 0.717) is 0 Å². The fraction of sp³-hybridized carbons (Fsp3) is 1.00. The molecule has 0 aromatic rings. The van der Waals surface area contributed by atoms with Crippen molar-refractivity contribution in [2.24, 2.45) is 17.6 Å². The minimum absolute atomic E-state index is 0.762. The van der Waals surface area contributed by atoms with E-state index in [1.165, 1.54) is 38.5 Å². The molecule has 1 aliphatic carbocycles. The van der Waals surface area contributed by atoms with Crippen molar-refractivity contribution < 1.29 is 4.74 Å². The Balaban J connectivity index is 2.16.